The maximum atomic E-state index is 11.7. The van der Waals surface area contributed by atoms with Gasteiger partial charge in [-0.15, -0.1) is 0 Å². The van der Waals surface area contributed by atoms with Gasteiger partial charge in [-0.2, -0.15) is 5.10 Å². The summed E-state index contributed by atoms with van der Waals surface area (Å²) in [6.45, 7) is 3.02. The highest BCUT2D eigenvalue weighted by Gasteiger charge is 2.33. The first-order valence-corrected chi connectivity index (χ1v) is 5.89. The van der Waals surface area contributed by atoms with E-state index in [2.05, 4.69) is 22.3 Å². The third kappa shape index (κ3) is 2.26. The van der Waals surface area contributed by atoms with Crippen molar-refractivity contribution in [2.75, 3.05) is 11.4 Å². The Bertz CT molecular complexity index is 402. The summed E-state index contributed by atoms with van der Waals surface area (Å²) in [6, 6.07) is 0.150. The zero-order chi connectivity index (χ0) is 12.4. The van der Waals surface area contributed by atoms with E-state index in [0.717, 1.165) is 25.1 Å². The Labute approximate surface area is 101 Å². The van der Waals surface area contributed by atoms with E-state index < -0.39 is 0 Å². The van der Waals surface area contributed by atoms with Gasteiger partial charge in [0.05, 0.1) is 17.8 Å². The molecule has 1 amide bonds. The fraction of sp³-hybridized carbons (Fsp3) is 0.636. The lowest BCUT2D eigenvalue weighted by atomic mass is 9.89. The molecule has 2 rings (SSSR count). The lowest BCUT2D eigenvalue weighted by molar-refractivity contribution is -0.126. The molecular weight excluding hydrogens is 218 g/mol. The first-order chi connectivity index (χ1) is 8.13. The highest BCUT2D eigenvalue weighted by Crippen LogP contribution is 2.28. The SMILES string of the molecule is CC1C(C(=O)NN)CCCN1c1cnn(C)c1. The minimum absolute atomic E-state index is 0.0473. The molecule has 1 aliphatic heterocycles. The molecule has 0 aromatic carbocycles. The third-order valence-electron chi connectivity index (χ3n) is 3.49. The van der Waals surface area contributed by atoms with E-state index in [0.29, 0.717) is 0 Å². The molecule has 0 saturated carbocycles. The molecule has 2 atom stereocenters. The summed E-state index contributed by atoms with van der Waals surface area (Å²) in [5.74, 6) is 5.09. The Morgan fingerprint density at radius 1 is 1.65 bits per heavy atom. The largest absolute Gasteiger partial charge is 0.365 e. The molecule has 0 bridgehead atoms. The van der Waals surface area contributed by atoms with Crippen molar-refractivity contribution in [2.24, 2.45) is 18.8 Å². The van der Waals surface area contributed by atoms with E-state index in [-0.39, 0.29) is 17.9 Å². The van der Waals surface area contributed by atoms with Gasteiger partial charge in [-0.3, -0.25) is 14.9 Å². The van der Waals surface area contributed by atoms with E-state index in [1.807, 2.05) is 19.4 Å². The second-order valence-corrected chi connectivity index (χ2v) is 4.56. The van der Waals surface area contributed by atoms with Crippen LogP contribution in [0.25, 0.3) is 0 Å². The van der Waals surface area contributed by atoms with Crippen molar-refractivity contribution in [1.29, 1.82) is 0 Å². The molecule has 17 heavy (non-hydrogen) atoms. The number of carbonyl (C=O) groups is 1. The van der Waals surface area contributed by atoms with Gasteiger partial charge in [0.15, 0.2) is 0 Å². The summed E-state index contributed by atoms with van der Waals surface area (Å²) in [7, 11) is 1.89. The van der Waals surface area contributed by atoms with Gasteiger partial charge in [0, 0.05) is 25.8 Å². The van der Waals surface area contributed by atoms with Gasteiger partial charge in [0.2, 0.25) is 5.91 Å². The fourth-order valence-electron chi connectivity index (χ4n) is 2.52. The third-order valence-corrected chi connectivity index (χ3v) is 3.49. The molecule has 94 valence electrons. The normalized spacial score (nSPS) is 24.8. The average molecular weight is 237 g/mol. The highest BCUT2D eigenvalue weighted by molar-refractivity contribution is 5.79. The molecule has 2 heterocycles. The Morgan fingerprint density at radius 2 is 2.41 bits per heavy atom. The van der Waals surface area contributed by atoms with Gasteiger partial charge >= 0.3 is 0 Å². The smallest absolute Gasteiger partial charge is 0.239 e. The van der Waals surface area contributed by atoms with Crippen LogP contribution in [0.5, 0.6) is 0 Å². The first-order valence-electron chi connectivity index (χ1n) is 5.89. The lowest BCUT2D eigenvalue weighted by Crippen LogP contribution is -2.50. The monoisotopic (exact) mass is 237 g/mol. The highest BCUT2D eigenvalue weighted by atomic mass is 16.2. The molecule has 6 nitrogen and oxygen atoms in total. The number of anilines is 1. The molecule has 1 aromatic rings. The minimum atomic E-state index is -0.0777. The predicted octanol–water partition coefficient (Wildman–Crippen LogP) is 0.0149. The van der Waals surface area contributed by atoms with Crippen LogP contribution < -0.4 is 16.2 Å². The van der Waals surface area contributed by atoms with Crippen LogP contribution in [-0.2, 0) is 11.8 Å². The summed E-state index contributed by atoms with van der Waals surface area (Å²) in [5, 5.41) is 4.17. The first kappa shape index (κ1) is 11.9. The lowest BCUT2D eigenvalue weighted by Gasteiger charge is -2.39. The Hall–Kier alpha value is -1.56. The van der Waals surface area contributed by atoms with Gasteiger partial charge in [0.1, 0.15) is 0 Å². The van der Waals surface area contributed by atoms with Crippen molar-refractivity contribution < 1.29 is 4.79 Å². The number of nitrogens with two attached hydrogens (primary N) is 1. The van der Waals surface area contributed by atoms with E-state index in [1.54, 1.807) is 4.68 Å². The molecular formula is C11H19N5O. The summed E-state index contributed by atoms with van der Waals surface area (Å²) in [6.07, 6.45) is 5.69. The maximum Gasteiger partial charge on any atom is 0.239 e. The maximum absolute atomic E-state index is 11.7. The molecule has 6 heteroatoms. The molecule has 3 N–H and O–H groups in total. The number of hydrogen-bond acceptors (Lipinski definition) is 4. The Kier molecular flexibility index (Phi) is 3.33. The molecule has 0 radical (unpaired) electrons. The van der Waals surface area contributed by atoms with Gasteiger partial charge in [-0.05, 0) is 19.8 Å². The summed E-state index contributed by atoms with van der Waals surface area (Å²) in [4.78, 5) is 13.9. The van der Waals surface area contributed by atoms with Crippen LogP contribution in [0.15, 0.2) is 12.4 Å². The zero-order valence-corrected chi connectivity index (χ0v) is 10.3. The summed E-state index contributed by atoms with van der Waals surface area (Å²) >= 11 is 0. The second-order valence-electron chi connectivity index (χ2n) is 4.56. The van der Waals surface area contributed by atoms with Gasteiger partial charge in [-0.25, -0.2) is 5.84 Å². The Balaban J connectivity index is 2.16. The van der Waals surface area contributed by atoms with Gasteiger partial charge < -0.3 is 4.90 Å². The second kappa shape index (κ2) is 4.75. The molecule has 2 unspecified atom stereocenters. The fourth-order valence-corrected chi connectivity index (χ4v) is 2.52. The number of aryl methyl sites for hydroxylation is 1. The number of carbonyl (C=O) groups excluding carboxylic acids is 1. The van der Waals surface area contributed by atoms with E-state index in [9.17, 15) is 4.79 Å². The van der Waals surface area contributed by atoms with E-state index in [1.165, 1.54) is 0 Å². The molecule has 1 saturated heterocycles. The Morgan fingerprint density at radius 3 is 3.00 bits per heavy atom. The molecule has 1 aromatic heterocycles. The molecule has 1 fully saturated rings. The average Bonchev–Trinajstić information content (AvgIpc) is 2.75. The van der Waals surface area contributed by atoms with Crippen molar-refractivity contribution in [3.63, 3.8) is 0 Å². The number of hydrogen-bond donors (Lipinski definition) is 2. The van der Waals surface area contributed by atoms with Crippen molar-refractivity contribution in [3.05, 3.63) is 12.4 Å². The van der Waals surface area contributed by atoms with E-state index >= 15 is 0 Å². The van der Waals surface area contributed by atoms with Crippen LogP contribution in [0, 0.1) is 5.92 Å². The number of piperidine rings is 1. The van der Waals surface area contributed by atoms with Gasteiger partial charge in [-0.1, -0.05) is 0 Å². The molecule has 0 aliphatic carbocycles. The van der Waals surface area contributed by atoms with Crippen LogP contribution >= 0.6 is 0 Å². The van der Waals surface area contributed by atoms with Gasteiger partial charge in [0.25, 0.3) is 0 Å². The number of nitrogens with one attached hydrogen (secondary N) is 1. The number of aromatic nitrogens is 2. The minimum Gasteiger partial charge on any atom is -0.365 e. The van der Waals surface area contributed by atoms with E-state index in [4.69, 9.17) is 5.84 Å². The van der Waals surface area contributed by atoms with Crippen LogP contribution in [0.2, 0.25) is 0 Å². The van der Waals surface area contributed by atoms with Crippen LogP contribution in [0.1, 0.15) is 19.8 Å². The molecule has 1 aliphatic rings. The standard InChI is InChI=1S/C11H19N5O/c1-8-10(11(17)14-12)4-3-5-16(8)9-6-13-15(2)7-9/h6-8,10H,3-5,12H2,1-2H3,(H,14,17). The number of nitrogens with zero attached hydrogens (tertiary/aromatic N) is 3. The summed E-state index contributed by atoms with van der Waals surface area (Å²) < 4.78 is 1.77. The van der Waals surface area contributed by atoms with Crippen molar-refractivity contribution in [3.8, 4) is 0 Å². The number of rotatable bonds is 2. The van der Waals surface area contributed by atoms with Crippen LogP contribution in [-0.4, -0.2) is 28.3 Å². The van der Waals surface area contributed by atoms with Crippen LogP contribution in [0.3, 0.4) is 0 Å². The van der Waals surface area contributed by atoms with Crippen molar-refractivity contribution in [2.45, 2.75) is 25.8 Å². The topological polar surface area (TPSA) is 76.2 Å². The number of hydrazine groups is 1. The van der Waals surface area contributed by atoms with Crippen LogP contribution in [0.4, 0.5) is 5.69 Å². The molecule has 0 spiro atoms. The zero-order valence-electron chi connectivity index (χ0n) is 10.3. The van der Waals surface area contributed by atoms with Crippen molar-refractivity contribution in [1.82, 2.24) is 15.2 Å². The summed E-state index contributed by atoms with van der Waals surface area (Å²) in [5.41, 5.74) is 3.32. The number of amides is 1. The van der Waals surface area contributed by atoms with Crippen molar-refractivity contribution >= 4 is 11.6 Å². The predicted molar refractivity (Wildman–Crippen MR) is 65.1 cm³/mol. The quantitative estimate of drug-likeness (QED) is 0.432.